The van der Waals surface area contributed by atoms with Gasteiger partial charge in [-0.1, -0.05) is 40.2 Å². The van der Waals surface area contributed by atoms with E-state index >= 15 is 0 Å². The molecule has 0 unspecified atom stereocenters. The van der Waals surface area contributed by atoms with Gasteiger partial charge in [0.05, 0.1) is 0 Å². The highest BCUT2D eigenvalue weighted by Crippen LogP contribution is 2.38. The van der Waals surface area contributed by atoms with Gasteiger partial charge in [0, 0.05) is 16.2 Å². The molecule has 98 valence electrons. The Hall–Kier alpha value is -1.28. The highest BCUT2D eigenvalue weighted by Gasteiger charge is 2.29. The topological polar surface area (TPSA) is 12.0 Å². The summed E-state index contributed by atoms with van der Waals surface area (Å²) in [6.45, 7) is 2.14. The lowest BCUT2D eigenvalue weighted by atomic mass is 9.76. The van der Waals surface area contributed by atoms with Gasteiger partial charge in [-0.2, -0.15) is 0 Å². The lowest BCUT2D eigenvalue weighted by molar-refractivity contribution is 0.374. The van der Waals surface area contributed by atoms with Crippen molar-refractivity contribution < 1.29 is 0 Å². The van der Waals surface area contributed by atoms with Crippen LogP contribution in [0.15, 0.2) is 53.0 Å². The Balaban J connectivity index is 1.57. The lowest BCUT2D eigenvalue weighted by Crippen LogP contribution is -2.33. The van der Waals surface area contributed by atoms with E-state index in [0.29, 0.717) is 6.04 Å². The monoisotopic (exact) mass is 315 g/mol. The molecule has 1 fully saturated rings. The number of hydrogen-bond donors (Lipinski definition) is 1. The molecule has 0 atom stereocenters. The first-order valence-corrected chi connectivity index (χ1v) is 7.59. The average molecular weight is 316 g/mol. The number of anilines is 1. The Labute approximate surface area is 123 Å². The predicted molar refractivity (Wildman–Crippen MR) is 84.7 cm³/mol. The van der Waals surface area contributed by atoms with Gasteiger partial charge in [0.25, 0.3) is 0 Å². The van der Waals surface area contributed by atoms with E-state index in [2.05, 4.69) is 76.7 Å². The molecule has 0 aromatic heterocycles. The first-order valence-electron chi connectivity index (χ1n) is 6.79. The summed E-state index contributed by atoms with van der Waals surface area (Å²) in [5.74, 6) is 0.718. The van der Waals surface area contributed by atoms with E-state index in [1.165, 1.54) is 29.7 Å². The third-order valence-electron chi connectivity index (χ3n) is 3.87. The van der Waals surface area contributed by atoms with Crippen LogP contribution in [0.4, 0.5) is 5.69 Å². The van der Waals surface area contributed by atoms with Crippen LogP contribution in [0.25, 0.3) is 0 Å². The number of aryl methyl sites for hydroxylation is 1. The van der Waals surface area contributed by atoms with Crippen LogP contribution in [0, 0.1) is 6.92 Å². The van der Waals surface area contributed by atoms with Gasteiger partial charge in [0.2, 0.25) is 0 Å². The lowest BCUT2D eigenvalue weighted by Gasteiger charge is -2.37. The Morgan fingerprint density at radius 2 is 1.79 bits per heavy atom. The van der Waals surface area contributed by atoms with Gasteiger partial charge in [0.1, 0.15) is 0 Å². The SMILES string of the molecule is Cc1cccc(NC2CC(c3ccc(Br)cc3)C2)c1. The van der Waals surface area contributed by atoms with Crippen LogP contribution in [-0.2, 0) is 0 Å². The molecular weight excluding hydrogens is 298 g/mol. The summed E-state index contributed by atoms with van der Waals surface area (Å²) in [6, 6.07) is 18.0. The summed E-state index contributed by atoms with van der Waals surface area (Å²) in [6.07, 6.45) is 2.46. The van der Waals surface area contributed by atoms with Crippen molar-refractivity contribution in [2.75, 3.05) is 5.32 Å². The number of halogens is 1. The van der Waals surface area contributed by atoms with Crippen LogP contribution in [-0.4, -0.2) is 6.04 Å². The van der Waals surface area contributed by atoms with Crippen LogP contribution in [0.3, 0.4) is 0 Å². The molecule has 1 aliphatic rings. The maximum atomic E-state index is 3.62. The third-order valence-corrected chi connectivity index (χ3v) is 4.40. The van der Waals surface area contributed by atoms with Crippen molar-refractivity contribution in [1.82, 2.24) is 0 Å². The second-order valence-corrected chi connectivity index (χ2v) is 6.35. The predicted octanol–water partition coefficient (Wildman–Crippen LogP) is 5.12. The minimum Gasteiger partial charge on any atom is -0.382 e. The molecule has 3 rings (SSSR count). The second kappa shape index (κ2) is 5.38. The van der Waals surface area contributed by atoms with Gasteiger partial charge in [-0.15, -0.1) is 0 Å². The van der Waals surface area contributed by atoms with Gasteiger partial charge in [-0.3, -0.25) is 0 Å². The minimum atomic E-state index is 0.621. The van der Waals surface area contributed by atoms with E-state index in [1.54, 1.807) is 0 Å². The quantitative estimate of drug-likeness (QED) is 0.829. The van der Waals surface area contributed by atoms with E-state index < -0.39 is 0 Å². The molecule has 0 bridgehead atoms. The zero-order valence-corrected chi connectivity index (χ0v) is 12.7. The Kier molecular flexibility index (Phi) is 3.61. The van der Waals surface area contributed by atoms with Gasteiger partial charge in [0.15, 0.2) is 0 Å². The average Bonchev–Trinajstić information content (AvgIpc) is 2.35. The summed E-state index contributed by atoms with van der Waals surface area (Å²) in [7, 11) is 0. The molecule has 1 aliphatic carbocycles. The smallest absolute Gasteiger partial charge is 0.0344 e. The van der Waals surface area contributed by atoms with E-state index in [1.807, 2.05) is 0 Å². The Morgan fingerprint density at radius 1 is 1.05 bits per heavy atom. The van der Waals surface area contributed by atoms with Crippen molar-refractivity contribution in [3.63, 3.8) is 0 Å². The highest BCUT2D eigenvalue weighted by molar-refractivity contribution is 9.10. The normalized spacial score (nSPS) is 21.8. The van der Waals surface area contributed by atoms with Crippen molar-refractivity contribution >= 4 is 21.6 Å². The molecule has 1 N–H and O–H groups in total. The van der Waals surface area contributed by atoms with Gasteiger partial charge >= 0.3 is 0 Å². The Morgan fingerprint density at radius 3 is 2.47 bits per heavy atom. The van der Waals surface area contributed by atoms with Crippen LogP contribution in [0.5, 0.6) is 0 Å². The largest absolute Gasteiger partial charge is 0.382 e. The fourth-order valence-corrected chi connectivity index (χ4v) is 2.98. The molecule has 2 aromatic carbocycles. The Bertz CT molecular complexity index is 556. The van der Waals surface area contributed by atoms with Gasteiger partial charge in [-0.25, -0.2) is 0 Å². The molecule has 0 amide bonds. The van der Waals surface area contributed by atoms with Crippen molar-refractivity contribution in [1.29, 1.82) is 0 Å². The number of rotatable bonds is 3. The van der Waals surface area contributed by atoms with Crippen LogP contribution in [0.2, 0.25) is 0 Å². The van der Waals surface area contributed by atoms with Gasteiger partial charge < -0.3 is 5.32 Å². The summed E-state index contributed by atoms with van der Waals surface area (Å²) in [5, 5.41) is 3.62. The maximum Gasteiger partial charge on any atom is 0.0344 e. The van der Waals surface area contributed by atoms with E-state index in [0.717, 1.165) is 10.4 Å². The standard InChI is InChI=1S/C17H18BrN/c1-12-3-2-4-16(9-12)19-17-10-14(11-17)13-5-7-15(18)8-6-13/h2-9,14,17,19H,10-11H2,1H3. The molecule has 0 saturated heterocycles. The highest BCUT2D eigenvalue weighted by atomic mass is 79.9. The molecule has 1 nitrogen and oxygen atoms in total. The summed E-state index contributed by atoms with van der Waals surface area (Å²) >= 11 is 3.49. The first-order chi connectivity index (χ1) is 9.20. The molecule has 0 spiro atoms. The minimum absolute atomic E-state index is 0.621. The molecule has 2 heteroatoms. The summed E-state index contributed by atoms with van der Waals surface area (Å²) < 4.78 is 1.16. The summed E-state index contributed by atoms with van der Waals surface area (Å²) in [5.41, 5.74) is 4.03. The number of benzene rings is 2. The van der Waals surface area contributed by atoms with Crippen molar-refractivity contribution in [2.45, 2.75) is 31.7 Å². The van der Waals surface area contributed by atoms with E-state index in [9.17, 15) is 0 Å². The number of hydrogen-bond acceptors (Lipinski definition) is 1. The fourth-order valence-electron chi connectivity index (χ4n) is 2.71. The maximum absolute atomic E-state index is 3.62. The second-order valence-electron chi connectivity index (χ2n) is 5.43. The van der Waals surface area contributed by atoms with Crippen LogP contribution in [0.1, 0.15) is 29.9 Å². The van der Waals surface area contributed by atoms with Crippen LogP contribution >= 0.6 is 15.9 Å². The molecular formula is C17H18BrN. The first kappa shape index (κ1) is 12.7. The third kappa shape index (κ3) is 3.01. The molecule has 0 aliphatic heterocycles. The van der Waals surface area contributed by atoms with E-state index in [4.69, 9.17) is 0 Å². The zero-order valence-electron chi connectivity index (χ0n) is 11.1. The van der Waals surface area contributed by atoms with Crippen LogP contribution < -0.4 is 5.32 Å². The van der Waals surface area contributed by atoms with E-state index in [-0.39, 0.29) is 0 Å². The molecule has 1 saturated carbocycles. The zero-order chi connectivity index (χ0) is 13.2. The van der Waals surface area contributed by atoms with Crippen molar-refractivity contribution in [3.05, 3.63) is 64.1 Å². The summed E-state index contributed by atoms with van der Waals surface area (Å²) in [4.78, 5) is 0. The fraction of sp³-hybridized carbons (Fsp3) is 0.294. The molecule has 19 heavy (non-hydrogen) atoms. The van der Waals surface area contributed by atoms with Crippen molar-refractivity contribution in [2.24, 2.45) is 0 Å². The van der Waals surface area contributed by atoms with Crippen molar-refractivity contribution in [3.8, 4) is 0 Å². The molecule has 0 heterocycles. The molecule has 0 radical (unpaired) electrons. The molecule has 2 aromatic rings. The number of nitrogens with one attached hydrogen (secondary N) is 1. The van der Waals surface area contributed by atoms with Gasteiger partial charge in [-0.05, 0) is 61.1 Å².